The van der Waals surface area contributed by atoms with Crippen molar-refractivity contribution in [2.75, 3.05) is 0 Å². The Balaban J connectivity index is 0. The van der Waals surface area contributed by atoms with Crippen LogP contribution in [0.5, 0.6) is 0 Å². The van der Waals surface area contributed by atoms with Gasteiger partial charge in [-0.2, -0.15) is 0 Å². The molecule has 0 unspecified atom stereocenters. The van der Waals surface area contributed by atoms with Crippen LogP contribution in [0.1, 0.15) is 13.9 Å². The zero-order valence-electron chi connectivity index (χ0n) is 8.00. The van der Waals surface area contributed by atoms with Gasteiger partial charge < -0.3 is 1.43 Å². The van der Waals surface area contributed by atoms with Gasteiger partial charge in [0, 0.05) is 6.42 Å². The van der Waals surface area contributed by atoms with Crippen molar-refractivity contribution >= 4 is 5.78 Å². The second-order valence-electron chi connectivity index (χ2n) is 2.36. The SMILES string of the molecule is CC(=O)Cc1ccccc1.[H-].[Na+]. The first-order valence-electron chi connectivity index (χ1n) is 3.32. The zero-order valence-corrected chi connectivity index (χ0v) is 9.00. The van der Waals surface area contributed by atoms with Crippen molar-refractivity contribution < 1.29 is 35.8 Å². The quantitative estimate of drug-likeness (QED) is 0.501. The van der Waals surface area contributed by atoms with Gasteiger partial charge in [0.05, 0.1) is 0 Å². The Bertz CT molecular complexity index is 223. The standard InChI is InChI=1S/C9H10O.Na.H/c1-8(10)7-9-5-3-2-4-6-9;;/h2-6H,7H2,1H3;;/q;+1;-1. The largest absolute Gasteiger partial charge is 1.00 e. The van der Waals surface area contributed by atoms with Crippen LogP contribution >= 0.6 is 0 Å². The second kappa shape index (κ2) is 5.53. The summed E-state index contributed by atoms with van der Waals surface area (Å²) >= 11 is 0. The van der Waals surface area contributed by atoms with Gasteiger partial charge in [0.1, 0.15) is 5.78 Å². The first-order chi connectivity index (χ1) is 4.79. The van der Waals surface area contributed by atoms with Gasteiger partial charge in [-0.3, -0.25) is 4.79 Å². The fourth-order valence-electron chi connectivity index (χ4n) is 0.883. The second-order valence-corrected chi connectivity index (χ2v) is 2.36. The number of carbonyl (C=O) groups is 1. The number of benzene rings is 1. The summed E-state index contributed by atoms with van der Waals surface area (Å²) in [4.78, 5) is 10.6. The maximum Gasteiger partial charge on any atom is 1.00 e. The molecule has 0 aliphatic carbocycles. The third-order valence-corrected chi connectivity index (χ3v) is 1.30. The minimum Gasteiger partial charge on any atom is -1.00 e. The molecule has 0 aliphatic rings. The van der Waals surface area contributed by atoms with Crippen LogP contribution in [0, 0.1) is 0 Å². The molecule has 11 heavy (non-hydrogen) atoms. The van der Waals surface area contributed by atoms with Gasteiger partial charge >= 0.3 is 29.6 Å². The fraction of sp³-hybridized carbons (Fsp3) is 0.222. The molecule has 0 fully saturated rings. The molecule has 0 bridgehead atoms. The molecule has 0 saturated carbocycles. The van der Waals surface area contributed by atoms with Crippen LogP contribution in [0.25, 0.3) is 0 Å². The maximum absolute atomic E-state index is 10.6. The van der Waals surface area contributed by atoms with Crippen molar-refractivity contribution in [3.63, 3.8) is 0 Å². The van der Waals surface area contributed by atoms with Crippen LogP contribution in [0.3, 0.4) is 0 Å². The summed E-state index contributed by atoms with van der Waals surface area (Å²) in [5.74, 6) is 0.214. The first kappa shape index (κ1) is 10.9. The van der Waals surface area contributed by atoms with Crippen LogP contribution in [-0.2, 0) is 11.2 Å². The van der Waals surface area contributed by atoms with Gasteiger partial charge in [0.15, 0.2) is 0 Å². The van der Waals surface area contributed by atoms with Crippen LogP contribution in [0.2, 0.25) is 0 Å². The maximum atomic E-state index is 10.6. The number of hydrogen-bond donors (Lipinski definition) is 0. The van der Waals surface area contributed by atoms with Crippen LogP contribution < -0.4 is 29.6 Å². The summed E-state index contributed by atoms with van der Waals surface area (Å²) in [6, 6.07) is 9.75. The van der Waals surface area contributed by atoms with E-state index in [1.165, 1.54) is 0 Å². The molecule has 0 radical (unpaired) electrons. The Kier molecular flexibility index (Phi) is 5.47. The molecular weight excluding hydrogens is 147 g/mol. The van der Waals surface area contributed by atoms with Gasteiger partial charge in [-0.15, -0.1) is 0 Å². The summed E-state index contributed by atoms with van der Waals surface area (Å²) in [6.45, 7) is 1.60. The molecule has 0 atom stereocenters. The fourth-order valence-corrected chi connectivity index (χ4v) is 0.883. The predicted molar refractivity (Wildman–Crippen MR) is 41.9 cm³/mol. The van der Waals surface area contributed by atoms with E-state index in [-0.39, 0.29) is 36.8 Å². The summed E-state index contributed by atoms with van der Waals surface area (Å²) in [7, 11) is 0. The average molecular weight is 158 g/mol. The Morgan fingerprint density at radius 1 is 1.36 bits per heavy atom. The zero-order chi connectivity index (χ0) is 7.40. The minimum atomic E-state index is 0. The molecular formula is C9H11NaO. The van der Waals surface area contributed by atoms with E-state index in [0.29, 0.717) is 6.42 Å². The van der Waals surface area contributed by atoms with Gasteiger partial charge in [0.25, 0.3) is 0 Å². The van der Waals surface area contributed by atoms with Crippen molar-refractivity contribution in [1.29, 1.82) is 0 Å². The van der Waals surface area contributed by atoms with Gasteiger partial charge in [-0.25, -0.2) is 0 Å². The third-order valence-electron chi connectivity index (χ3n) is 1.30. The average Bonchev–Trinajstić information content (AvgIpc) is 1.88. The van der Waals surface area contributed by atoms with Gasteiger partial charge in [-0.1, -0.05) is 30.3 Å². The summed E-state index contributed by atoms with van der Waals surface area (Å²) in [5.41, 5.74) is 1.09. The van der Waals surface area contributed by atoms with E-state index in [2.05, 4.69) is 0 Å². The first-order valence-corrected chi connectivity index (χ1v) is 3.32. The molecule has 1 nitrogen and oxygen atoms in total. The molecule has 0 saturated heterocycles. The van der Waals surface area contributed by atoms with Crippen LogP contribution in [0.4, 0.5) is 0 Å². The molecule has 54 valence electrons. The smallest absolute Gasteiger partial charge is 1.00 e. The molecule has 2 heteroatoms. The number of hydrogen-bond acceptors (Lipinski definition) is 1. The van der Waals surface area contributed by atoms with Gasteiger partial charge in [0.2, 0.25) is 0 Å². The molecule has 0 spiro atoms. The predicted octanol–water partition coefficient (Wildman–Crippen LogP) is -1.07. The molecule has 0 heterocycles. The molecule has 1 rings (SSSR count). The van der Waals surface area contributed by atoms with E-state index >= 15 is 0 Å². The summed E-state index contributed by atoms with van der Waals surface area (Å²) < 4.78 is 0. The van der Waals surface area contributed by atoms with Crippen LogP contribution in [0.15, 0.2) is 30.3 Å². The number of ketones is 1. The summed E-state index contributed by atoms with van der Waals surface area (Å²) in [5, 5.41) is 0. The molecule has 1 aromatic rings. The van der Waals surface area contributed by atoms with E-state index in [1.807, 2.05) is 30.3 Å². The molecule has 0 N–H and O–H groups in total. The number of Topliss-reactive ketones (excluding diaryl/α,β-unsaturated/α-hetero) is 1. The van der Waals surface area contributed by atoms with E-state index in [1.54, 1.807) is 6.92 Å². The Labute approximate surface area is 90.6 Å². The van der Waals surface area contributed by atoms with Crippen molar-refractivity contribution in [2.45, 2.75) is 13.3 Å². The Hall–Kier alpha value is -0.110. The van der Waals surface area contributed by atoms with E-state index in [4.69, 9.17) is 0 Å². The molecule has 0 aliphatic heterocycles. The molecule has 1 aromatic carbocycles. The van der Waals surface area contributed by atoms with Crippen molar-refractivity contribution in [1.82, 2.24) is 0 Å². The number of carbonyl (C=O) groups excluding carboxylic acids is 1. The third kappa shape index (κ3) is 4.35. The number of rotatable bonds is 2. The monoisotopic (exact) mass is 158 g/mol. The van der Waals surface area contributed by atoms with Crippen LogP contribution in [-0.4, -0.2) is 5.78 Å². The topological polar surface area (TPSA) is 17.1 Å². The molecule has 0 aromatic heterocycles. The van der Waals surface area contributed by atoms with E-state index < -0.39 is 0 Å². The Morgan fingerprint density at radius 2 is 1.91 bits per heavy atom. The Morgan fingerprint density at radius 3 is 2.36 bits per heavy atom. The van der Waals surface area contributed by atoms with E-state index in [0.717, 1.165) is 5.56 Å². The van der Waals surface area contributed by atoms with Crippen molar-refractivity contribution in [2.24, 2.45) is 0 Å². The van der Waals surface area contributed by atoms with Gasteiger partial charge in [-0.05, 0) is 12.5 Å². The van der Waals surface area contributed by atoms with Crippen molar-refractivity contribution in [3.8, 4) is 0 Å². The summed E-state index contributed by atoms with van der Waals surface area (Å²) in [6.07, 6.45) is 0.556. The molecule has 0 amide bonds. The minimum absolute atomic E-state index is 0. The normalized spacial score (nSPS) is 8.45. The van der Waals surface area contributed by atoms with E-state index in [9.17, 15) is 4.79 Å². The van der Waals surface area contributed by atoms with Crippen molar-refractivity contribution in [3.05, 3.63) is 35.9 Å².